The zero-order valence-electron chi connectivity index (χ0n) is 9.02. The van der Waals surface area contributed by atoms with Gasteiger partial charge in [-0.25, -0.2) is 4.79 Å². The summed E-state index contributed by atoms with van der Waals surface area (Å²) < 4.78 is 7.30. The second-order valence-electron chi connectivity index (χ2n) is 3.42. The van der Waals surface area contributed by atoms with E-state index in [0.29, 0.717) is 16.2 Å². The highest BCUT2D eigenvalue weighted by Gasteiger charge is 2.13. The molecule has 0 unspecified atom stereocenters. The Bertz CT molecular complexity index is 560. The lowest BCUT2D eigenvalue weighted by Gasteiger charge is -2.09. The van der Waals surface area contributed by atoms with Crippen LogP contribution in [0.25, 0.3) is 0 Å². The van der Waals surface area contributed by atoms with E-state index >= 15 is 0 Å². The average Bonchev–Trinajstić information content (AvgIpc) is 2.76. The van der Waals surface area contributed by atoms with Crippen LogP contribution in [0, 0.1) is 0 Å². The van der Waals surface area contributed by atoms with Gasteiger partial charge in [-0.2, -0.15) is 0 Å². The van der Waals surface area contributed by atoms with Crippen LogP contribution in [0.2, 0.25) is 0 Å². The minimum Gasteiger partial charge on any atom is -0.486 e. The lowest BCUT2D eigenvalue weighted by Crippen LogP contribution is -2.02. The van der Waals surface area contributed by atoms with Crippen molar-refractivity contribution in [2.45, 2.75) is 6.61 Å². The van der Waals surface area contributed by atoms with Crippen molar-refractivity contribution in [3.63, 3.8) is 0 Å². The molecule has 18 heavy (non-hydrogen) atoms. The third kappa shape index (κ3) is 2.93. The maximum Gasteiger partial charge on any atom is 0.346 e. The van der Waals surface area contributed by atoms with Gasteiger partial charge in [-0.15, -0.1) is 11.3 Å². The minimum atomic E-state index is -0.921. The first kappa shape index (κ1) is 13.6. The molecule has 0 aliphatic heterocycles. The van der Waals surface area contributed by atoms with Crippen LogP contribution < -0.4 is 4.74 Å². The van der Waals surface area contributed by atoms with Crippen molar-refractivity contribution in [1.29, 1.82) is 0 Å². The van der Waals surface area contributed by atoms with E-state index in [-0.39, 0.29) is 6.61 Å². The molecule has 0 saturated heterocycles. The summed E-state index contributed by atoms with van der Waals surface area (Å²) in [5.74, 6) is -0.255. The van der Waals surface area contributed by atoms with Crippen molar-refractivity contribution >= 4 is 49.2 Å². The second-order valence-corrected chi connectivity index (χ2v) is 6.04. The van der Waals surface area contributed by atoms with Crippen LogP contribution in [0.3, 0.4) is 0 Å². The van der Waals surface area contributed by atoms with Crippen molar-refractivity contribution in [2.24, 2.45) is 0 Å². The molecule has 2 rings (SSSR count). The summed E-state index contributed by atoms with van der Waals surface area (Å²) in [6.45, 7) is 0.229. The predicted molar refractivity (Wildman–Crippen MR) is 77.5 cm³/mol. The molecule has 0 spiro atoms. The fraction of sp³-hybridized carbons (Fsp3) is 0.0833. The van der Waals surface area contributed by atoms with E-state index in [1.54, 1.807) is 11.4 Å². The Morgan fingerprint density at radius 2 is 1.94 bits per heavy atom. The molecule has 0 bridgehead atoms. The Balaban J connectivity index is 2.17. The van der Waals surface area contributed by atoms with Crippen molar-refractivity contribution in [3.05, 3.63) is 49.0 Å². The van der Waals surface area contributed by atoms with Crippen LogP contribution in [0.15, 0.2) is 38.6 Å². The summed E-state index contributed by atoms with van der Waals surface area (Å²) in [6, 6.07) is 7.38. The molecule has 0 radical (unpaired) electrons. The van der Waals surface area contributed by atoms with Gasteiger partial charge in [0, 0.05) is 5.56 Å². The molecule has 0 aliphatic rings. The molecule has 94 valence electrons. The highest BCUT2D eigenvalue weighted by molar-refractivity contribution is 9.11. The van der Waals surface area contributed by atoms with Crippen molar-refractivity contribution in [3.8, 4) is 5.75 Å². The van der Waals surface area contributed by atoms with Gasteiger partial charge in [0.2, 0.25) is 0 Å². The summed E-state index contributed by atoms with van der Waals surface area (Å²) >= 11 is 7.98. The molecule has 0 aliphatic carbocycles. The number of carbonyl (C=O) groups is 1. The first-order valence-electron chi connectivity index (χ1n) is 4.96. The maximum absolute atomic E-state index is 11.0. The van der Waals surface area contributed by atoms with Crippen LogP contribution in [-0.2, 0) is 6.61 Å². The summed E-state index contributed by atoms with van der Waals surface area (Å²) in [5, 5.41) is 10.7. The molecule has 3 nitrogen and oxygen atoms in total. The first-order valence-corrected chi connectivity index (χ1v) is 7.42. The lowest BCUT2D eigenvalue weighted by molar-refractivity contribution is 0.0699. The van der Waals surface area contributed by atoms with E-state index in [2.05, 4.69) is 31.9 Å². The van der Waals surface area contributed by atoms with Gasteiger partial charge in [0.05, 0.1) is 8.95 Å². The number of benzene rings is 1. The first-order chi connectivity index (χ1) is 8.59. The van der Waals surface area contributed by atoms with Gasteiger partial charge in [0.15, 0.2) is 0 Å². The zero-order valence-corrected chi connectivity index (χ0v) is 13.0. The molecule has 6 heteroatoms. The third-order valence-corrected chi connectivity index (χ3v) is 4.43. The predicted octanol–water partition coefficient (Wildman–Crippen LogP) is 4.55. The van der Waals surface area contributed by atoms with Crippen LogP contribution in [-0.4, -0.2) is 11.1 Å². The highest BCUT2D eigenvalue weighted by atomic mass is 79.9. The van der Waals surface area contributed by atoms with E-state index < -0.39 is 5.97 Å². The summed E-state index contributed by atoms with van der Waals surface area (Å²) in [5.41, 5.74) is 0.676. The monoisotopic (exact) mass is 390 g/mol. The number of ether oxygens (including phenoxy) is 1. The van der Waals surface area contributed by atoms with E-state index in [4.69, 9.17) is 9.84 Å². The largest absolute Gasteiger partial charge is 0.486 e. The van der Waals surface area contributed by atoms with E-state index in [1.807, 2.05) is 18.2 Å². The smallest absolute Gasteiger partial charge is 0.346 e. The van der Waals surface area contributed by atoms with E-state index in [1.165, 1.54) is 11.3 Å². The summed E-state index contributed by atoms with van der Waals surface area (Å²) in [4.78, 5) is 11.3. The Labute approximate surface area is 125 Å². The fourth-order valence-electron chi connectivity index (χ4n) is 1.41. The van der Waals surface area contributed by atoms with Gasteiger partial charge in [0.25, 0.3) is 0 Å². The van der Waals surface area contributed by atoms with Gasteiger partial charge in [0.1, 0.15) is 17.2 Å². The van der Waals surface area contributed by atoms with Gasteiger partial charge in [-0.05, 0) is 55.4 Å². The quantitative estimate of drug-likeness (QED) is 0.831. The molecule has 0 amide bonds. The van der Waals surface area contributed by atoms with Crippen LogP contribution >= 0.6 is 43.2 Å². The number of halogens is 2. The number of hydrogen-bond acceptors (Lipinski definition) is 3. The number of thiophene rings is 1. The zero-order chi connectivity index (χ0) is 13.1. The highest BCUT2D eigenvalue weighted by Crippen LogP contribution is 2.34. The fourth-order valence-corrected chi connectivity index (χ4v) is 3.38. The van der Waals surface area contributed by atoms with Gasteiger partial charge in [-0.1, -0.05) is 6.07 Å². The van der Waals surface area contributed by atoms with E-state index in [0.717, 1.165) is 8.95 Å². The Kier molecular flexibility index (Phi) is 4.42. The van der Waals surface area contributed by atoms with Gasteiger partial charge < -0.3 is 9.84 Å². The molecular weight excluding hydrogens is 384 g/mol. The summed E-state index contributed by atoms with van der Waals surface area (Å²) in [7, 11) is 0. The number of carboxylic acids is 1. The number of rotatable bonds is 4. The van der Waals surface area contributed by atoms with Crippen LogP contribution in [0.1, 0.15) is 15.2 Å². The van der Waals surface area contributed by atoms with Crippen LogP contribution in [0.5, 0.6) is 5.75 Å². The Morgan fingerprint density at radius 3 is 2.56 bits per heavy atom. The second kappa shape index (κ2) is 5.86. The average molecular weight is 392 g/mol. The SMILES string of the molecule is O=C(O)c1sccc1COc1c(Br)cccc1Br. The number of hydrogen-bond donors (Lipinski definition) is 1. The van der Waals surface area contributed by atoms with Gasteiger partial charge in [-0.3, -0.25) is 0 Å². The van der Waals surface area contributed by atoms with Crippen molar-refractivity contribution in [2.75, 3.05) is 0 Å². The molecule has 0 atom stereocenters. The van der Waals surface area contributed by atoms with Crippen LogP contribution in [0.4, 0.5) is 0 Å². The molecule has 1 aromatic heterocycles. The third-order valence-electron chi connectivity index (χ3n) is 2.23. The maximum atomic E-state index is 11.0. The number of para-hydroxylation sites is 1. The molecule has 2 aromatic rings. The molecule has 1 N–H and O–H groups in total. The van der Waals surface area contributed by atoms with E-state index in [9.17, 15) is 4.79 Å². The lowest BCUT2D eigenvalue weighted by atomic mass is 10.2. The standard InChI is InChI=1S/C12H8Br2O3S/c13-8-2-1-3-9(14)10(8)17-6-7-4-5-18-11(7)12(15)16/h1-5H,6H2,(H,15,16). The molecule has 0 fully saturated rings. The minimum absolute atomic E-state index is 0.229. The number of carboxylic acid groups (broad SMARTS) is 1. The van der Waals surface area contributed by atoms with Crippen molar-refractivity contribution in [1.82, 2.24) is 0 Å². The normalized spacial score (nSPS) is 10.3. The van der Waals surface area contributed by atoms with Gasteiger partial charge >= 0.3 is 5.97 Å². The molecule has 1 heterocycles. The number of aromatic carboxylic acids is 1. The molecular formula is C12H8Br2O3S. The molecule has 0 saturated carbocycles. The summed E-state index contributed by atoms with van der Waals surface area (Å²) in [6.07, 6.45) is 0. The molecule has 1 aromatic carbocycles. The Morgan fingerprint density at radius 1 is 1.28 bits per heavy atom. The topological polar surface area (TPSA) is 46.5 Å². The van der Waals surface area contributed by atoms with Crippen molar-refractivity contribution < 1.29 is 14.6 Å². The Hall–Kier alpha value is -0.850.